The van der Waals surface area contributed by atoms with Crippen LogP contribution < -0.4 is 0 Å². The zero-order valence-corrected chi connectivity index (χ0v) is 9.98. The van der Waals surface area contributed by atoms with Crippen molar-refractivity contribution in [1.82, 2.24) is 4.90 Å². The van der Waals surface area contributed by atoms with Gasteiger partial charge >= 0.3 is 0 Å². The molecule has 2 aliphatic rings. The van der Waals surface area contributed by atoms with Crippen molar-refractivity contribution in [2.75, 3.05) is 0 Å². The first-order valence-corrected chi connectivity index (χ1v) is 6.24. The van der Waals surface area contributed by atoms with E-state index >= 15 is 0 Å². The molecule has 0 radical (unpaired) electrons. The van der Waals surface area contributed by atoms with Crippen molar-refractivity contribution < 1.29 is 4.79 Å². The van der Waals surface area contributed by atoms with Gasteiger partial charge in [0, 0.05) is 19.5 Å². The fourth-order valence-electron chi connectivity index (χ4n) is 2.92. The van der Waals surface area contributed by atoms with Crippen LogP contribution in [-0.2, 0) is 17.9 Å². The Morgan fingerprint density at radius 1 is 1.18 bits per heavy atom. The molecule has 1 unspecified atom stereocenters. The van der Waals surface area contributed by atoms with Gasteiger partial charge in [-0.2, -0.15) is 0 Å². The molecule has 1 heterocycles. The van der Waals surface area contributed by atoms with Gasteiger partial charge in [0.25, 0.3) is 0 Å². The number of carbonyl (C=O) groups is 1. The summed E-state index contributed by atoms with van der Waals surface area (Å²) in [5.41, 5.74) is 3.86. The molecule has 0 aromatic heterocycles. The van der Waals surface area contributed by atoms with Gasteiger partial charge in [-0.25, -0.2) is 0 Å². The number of hydrogen-bond acceptors (Lipinski definition) is 2. The molecule has 1 atom stereocenters. The summed E-state index contributed by atoms with van der Waals surface area (Å²) in [5.74, 6) is 0.356. The minimum Gasteiger partial charge on any atom is -0.298 e. The van der Waals surface area contributed by atoms with Crippen LogP contribution in [0.25, 0.3) is 0 Å². The Balaban J connectivity index is 1.76. The zero-order valence-electron chi connectivity index (χ0n) is 9.98. The normalized spacial score (nSPS) is 25.1. The molecule has 3 rings (SSSR count). The van der Waals surface area contributed by atoms with Crippen molar-refractivity contribution in [1.29, 1.82) is 0 Å². The van der Waals surface area contributed by atoms with Gasteiger partial charge in [-0.3, -0.25) is 9.69 Å². The molecule has 0 amide bonds. The Morgan fingerprint density at radius 2 is 1.82 bits per heavy atom. The van der Waals surface area contributed by atoms with Gasteiger partial charge in [0.2, 0.25) is 0 Å². The zero-order chi connectivity index (χ0) is 11.8. The molecule has 0 N–H and O–H groups in total. The van der Waals surface area contributed by atoms with Gasteiger partial charge in [0.15, 0.2) is 5.78 Å². The van der Waals surface area contributed by atoms with E-state index in [2.05, 4.69) is 35.7 Å². The average Bonchev–Trinajstić information content (AvgIpc) is 2.72. The maximum absolute atomic E-state index is 12.0. The highest BCUT2D eigenvalue weighted by Crippen LogP contribution is 2.30. The molecular formula is C15H17NO. The van der Waals surface area contributed by atoms with Crippen molar-refractivity contribution in [3.63, 3.8) is 0 Å². The third-order valence-corrected chi connectivity index (χ3v) is 3.87. The van der Waals surface area contributed by atoms with Crippen LogP contribution in [-0.4, -0.2) is 16.7 Å². The van der Waals surface area contributed by atoms with Crippen molar-refractivity contribution in [3.05, 3.63) is 47.5 Å². The highest BCUT2D eigenvalue weighted by Gasteiger charge is 2.32. The van der Waals surface area contributed by atoms with E-state index in [9.17, 15) is 4.79 Å². The first kappa shape index (κ1) is 10.7. The molecular weight excluding hydrogens is 210 g/mol. The lowest BCUT2D eigenvalue weighted by Crippen LogP contribution is -2.40. The largest absolute Gasteiger partial charge is 0.298 e. The SMILES string of the molecule is C=C1CCC(N2Cc3ccccc3C2)C(=O)C1. The van der Waals surface area contributed by atoms with E-state index < -0.39 is 0 Å². The second kappa shape index (κ2) is 4.11. The molecule has 1 aliphatic heterocycles. The summed E-state index contributed by atoms with van der Waals surface area (Å²) in [4.78, 5) is 14.4. The van der Waals surface area contributed by atoms with E-state index in [1.54, 1.807) is 0 Å². The Morgan fingerprint density at radius 3 is 2.41 bits per heavy atom. The third kappa shape index (κ3) is 1.93. The molecule has 0 saturated heterocycles. The number of fused-ring (bicyclic) bond motifs is 1. The van der Waals surface area contributed by atoms with Gasteiger partial charge in [-0.05, 0) is 24.0 Å². The second-order valence-electron chi connectivity index (χ2n) is 5.12. The average molecular weight is 227 g/mol. The van der Waals surface area contributed by atoms with E-state index in [1.165, 1.54) is 11.1 Å². The monoisotopic (exact) mass is 227 g/mol. The molecule has 1 aliphatic carbocycles. The highest BCUT2D eigenvalue weighted by molar-refractivity contribution is 5.87. The van der Waals surface area contributed by atoms with Crippen LogP contribution in [0.15, 0.2) is 36.4 Å². The number of allylic oxidation sites excluding steroid dienone is 1. The molecule has 1 aromatic rings. The molecule has 2 nitrogen and oxygen atoms in total. The van der Waals surface area contributed by atoms with Gasteiger partial charge in [0.1, 0.15) is 0 Å². The summed E-state index contributed by atoms with van der Waals surface area (Å²) < 4.78 is 0. The number of benzene rings is 1. The number of Topliss-reactive ketones (excluding diaryl/α,β-unsaturated/α-hetero) is 1. The minimum absolute atomic E-state index is 0.118. The van der Waals surface area contributed by atoms with Crippen LogP contribution in [0.3, 0.4) is 0 Å². The standard InChI is InChI=1S/C15H17NO/c1-11-6-7-14(15(17)8-11)16-9-12-4-2-3-5-13(12)10-16/h2-5,14H,1,6-10H2. The number of nitrogens with zero attached hydrogens (tertiary/aromatic N) is 1. The summed E-state index contributed by atoms with van der Waals surface area (Å²) in [7, 11) is 0. The van der Waals surface area contributed by atoms with Crippen LogP contribution in [0.4, 0.5) is 0 Å². The highest BCUT2D eigenvalue weighted by atomic mass is 16.1. The molecule has 1 saturated carbocycles. The smallest absolute Gasteiger partial charge is 0.153 e. The molecule has 17 heavy (non-hydrogen) atoms. The van der Waals surface area contributed by atoms with Crippen molar-refractivity contribution in [2.24, 2.45) is 0 Å². The van der Waals surface area contributed by atoms with Crippen LogP contribution >= 0.6 is 0 Å². The fraction of sp³-hybridized carbons (Fsp3) is 0.400. The molecule has 0 spiro atoms. The van der Waals surface area contributed by atoms with Crippen LogP contribution in [0, 0.1) is 0 Å². The lowest BCUT2D eigenvalue weighted by molar-refractivity contribution is -0.125. The second-order valence-corrected chi connectivity index (χ2v) is 5.12. The lowest BCUT2D eigenvalue weighted by Gasteiger charge is -2.30. The topological polar surface area (TPSA) is 20.3 Å². The van der Waals surface area contributed by atoms with Gasteiger partial charge < -0.3 is 0 Å². The molecule has 2 heteroatoms. The van der Waals surface area contributed by atoms with Crippen LogP contribution in [0.5, 0.6) is 0 Å². The van der Waals surface area contributed by atoms with E-state index in [0.717, 1.165) is 31.5 Å². The Labute approximate surface area is 102 Å². The Kier molecular flexibility index (Phi) is 2.60. The van der Waals surface area contributed by atoms with Crippen molar-refractivity contribution >= 4 is 5.78 Å². The van der Waals surface area contributed by atoms with Crippen LogP contribution in [0.2, 0.25) is 0 Å². The fourth-order valence-corrected chi connectivity index (χ4v) is 2.92. The Hall–Kier alpha value is -1.41. The summed E-state index contributed by atoms with van der Waals surface area (Å²) in [6.07, 6.45) is 2.53. The van der Waals surface area contributed by atoms with Crippen molar-refractivity contribution in [3.8, 4) is 0 Å². The number of hydrogen-bond donors (Lipinski definition) is 0. The molecule has 0 bridgehead atoms. The number of carbonyl (C=O) groups excluding carboxylic acids is 1. The summed E-state index contributed by atoms with van der Waals surface area (Å²) in [5, 5.41) is 0. The maximum Gasteiger partial charge on any atom is 0.153 e. The predicted molar refractivity (Wildman–Crippen MR) is 67.5 cm³/mol. The lowest BCUT2D eigenvalue weighted by atomic mass is 9.90. The number of rotatable bonds is 1. The molecule has 1 fully saturated rings. The third-order valence-electron chi connectivity index (χ3n) is 3.87. The first-order valence-electron chi connectivity index (χ1n) is 6.24. The summed E-state index contributed by atoms with van der Waals surface area (Å²) in [6.45, 7) is 5.79. The maximum atomic E-state index is 12.0. The van der Waals surface area contributed by atoms with Crippen molar-refractivity contribution in [2.45, 2.75) is 38.4 Å². The summed E-state index contributed by atoms with van der Waals surface area (Å²) in [6, 6.07) is 8.61. The van der Waals surface area contributed by atoms with Gasteiger partial charge in [0.05, 0.1) is 6.04 Å². The Bertz CT molecular complexity index is 453. The van der Waals surface area contributed by atoms with E-state index in [0.29, 0.717) is 12.2 Å². The van der Waals surface area contributed by atoms with E-state index in [1.807, 2.05) is 0 Å². The quantitative estimate of drug-likeness (QED) is 0.687. The summed E-state index contributed by atoms with van der Waals surface area (Å²) >= 11 is 0. The number of ketones is 1. The minimum atomic E-state index is 0.118. The van der Waals surface area contributed by atoms with Gasteiger partial charge in [-0.1, -0.05) is 36.4 Å². The molecule has 1 aromatic carbocycles. The van der Waals surface area contributed by atoms with E-state index in [-0.39, 0.29) is 6.04 Å². The first-order chi connectivity index (χ1) is 8.24. The van der Waals surface area contributed by atoms with E-state index in [4.69, 9.17) is 0 Å². The van der Waals surface area contributed by atoms with Gasteiger partial charge in [-0.15, -0.1) is 0 Å². The van der Waals surface area contributed by atoms with Crippen LogP contribution in [0.1, 0.15) is 30.4 Å². The molecule has 88 valence electrons. The predicted octanol–water partition coefficient (Wildman–Crippen LogP) is 2.68.